The van der Waals surface area contributed by atoms with Crippen molar-refractivity contribution in [2.24, 2.45) is 0 Å². The molecule has 0 saturated carbocycles. The van der Waals surface area contributed by atoms with Crippen LogP contribution in [0.4, 0.5) is 0 Å². The Morgan fingerprint density at radius 3 is 1.28 bits per heavy atom. The van der Waals surface area contributed by atoms with Gasteiger partial charge in [-0.15, -0.1) is 0 Å². The van der Waals surface area contributed by atoms with E-state index in [4.69, 9.17) is 0 Å². The lowest BCUT2D eigenvalue weighted by molar-refractivity contribution is 1.32. The first-order valence-electron chi connectivity index (χ1n) is 11.0. The SMILES string of the molecule is CC.CC.Cc1cc(C)cc(C)c1.Cc1ccc(-c2ccc(C)c(C)c2)c(C)c1. The molecule has 158 valence electrons. The van der Waals surface area contributed by atoms with Crippen molar-refractivity contribution in [3.63, 3.8) is 0 Å². The molecule has 0 bridgehead atoms. The Bertz CT molecular complexity index is 819. The van der Waals surface area contributed by atoms with Crippen molar-refractivity contribution in [1.82, 2.24) is 0 Å². The van der Waals surface area contributed by atoms with Crippen LogP contribution in [0.2, 0.25) is 0 Å². The van der Waals surface area contributed by atoms with E-state index in [2.05, 4.69) is 103 Å². The number of rotatable bonds is 1. The molecule has 0 nitrogen and oxygen atoms in total. The van der Waals surface area contributed by atoms with Crippen LogP contribution in [0.25, 0.3) is 11.1 Å². The van der Waals surface area contributed by atoms with Crippen LogP contribution in [0.1, 0.15) is 66.6 Å². The van der Waals surface area contributed by atoms with Crippen molar-refractivity contribution in [3.8, 4) is 11.1 Å². The second-order valence-electron chi connectivity index (χ2n) is 7.28. The van der Waals surface area contributed by atoms with Crippen LogP contribution in [0.15, 0.2) is 54.6 Å². The molecule has 0 saturated heterocycles. The van der Waals surface area contributed by atoms with Crippen LogP contribution in [0.3, 0.4) is 0 Å². The Morgan fingerprint density at radius 1 is 0.379 bits per heavy atom. The third kappa shape index (κ3) is 9.13. The van der Waals surface area contributed by atoms with E-state index in [1.54, 1.807) is 0 Å². The summed E-state index contributed by atoms with van der Waals surface area (Å²) in [6.45, 7) is 23.0. The highest BCUT2D eigenvalue weighted by Gasteiger charge is 2.03. The third-order valence-electron chi connectivity index (χ3n) is 4.57. The largest absolute Gasteiger partial charge is 0.0683 e. The van der Waals surface area contributed by atoms with Gasteiger partial charge in [-0.25, -0.2) is 0 Å². The lowest BCUT2D eigenvalue weighted by atomic mass is 9.96. The topological polar surface area (TPSA) is 0 Å². The van der Waals surface area contributed by atoms with Gasteiger partial charge in [-0.1, -0.05) is 105 Å². The molecule has 0 spiro atoms. The van der Waals surface area contributed by atoms with Gasteiger partial charge in [-0.2, -0.15) is 0 Å². The first-order valence-corrected chi connectivity index (χ1v) is 11.0. The molecule has 29 heavy (non-hydrogen) atoms. The fraction of sp³-hybridized carbons (Fsp3) is 0.379. The third-order valence-corrected chi connectivity index (χ3v) is 4.57. The summed E-state index contributed by atoms with van der Waals surface area (Å²) in [7, 11) is 0. The van der Waals surface area contributed by atoms with Crippen molar-refractivity contribution in [3.05, 3.63) is 93.5 Å². The normalized spacial score (nSPS) is 9.21. The molecule has 0 radical (unpaired) electrons. The zero-order valence-electron chi connectivity index (χ0n) is 20.7. The summed E-state index contributed by atoms with van der Waals surface area (Å²) < 4.78 is 0. The van der Waals surface area contributed by atoms with Crippen LogP contribution in [-0.4, -0.2) is 0 Å². The van der Waals surface area contributed by atoms with Crippen molar-refractivity contribution < 1.29 is 0 Å². The first kappa shape index (κ1) is 26.7. The van der Waals surface area contributed by atoms with Crippen molar-refractivity contribution in [2.75, 3.05) is 0 Å². The molecule has 3 rings (SSSR count). The predicted octanol–water partition coefficient (Wildman–Crippen LogP) is 9.25. The van der Waals surface area contributed by atoms with Crippen molar-refractivity contribution in [2.45, 2.75) is 76.2 Å². The molecule has 0 amide bonds. The summed E-state index contributed by atoms with van der Waals surface area (Å²) in [6, 6.07) is 19.9. The molecule has 0 aliphatic heterocycles. The van der Waals surface area contributed by atoms with Crippen LogP contribution in [-0.2, 0) is 0 Å². The molecule has 0 unspecified atom stereocenters. The fourth-order valence-electron chi connectivity index (χ4n) is 3.25. The number of aryl methyl sites for hydroxylation is 7. The van der Waals surface area contributed by atoms with Gasteiger partial charge in [0.05, 0.1) is 0 Å². The van der Waals surface area contributed by atoms with Crippen LogP contribution >= 0.6 is 0 Å². The monoisotopic (exact) mass is 390 g/mol. The van der Waals surface area contributed by atoms with E-state index in [1.165, 1.54) is 50.1 Å². The predicted molar refractivity (Wildman–Crippen MR) is 134 cm³/mol. The Kier molecular flexibility index (Phi) is 12.7. The highest BCUT2D eigenvalue weighted by atomic mass is 14.1. The molecule has 0 aliphatic rings. The summed E-state index contributed by atoms with van der Waals surface area (Å²) in [5, 5.41) is 0. The smallest absolute Gasteiger partial charge is 0.0154 e. The Hall–Kier alpha value is -2.34. The highest BCUT2D eigenvalue weighted by Crippen LogP contribution is 2.25. The molecule has 0 heterocycles. The summed E-state index contributed by atoms with van der Waals surface area (Å²) in [5.74, 6) is 0. The van der Waals surface area contributed by atoms with E-state index in [-0.39, 0.29) is 0 Å². The Balaban J connectivity index is 0.000000513. The molecule has 0 N–H and O–H groups in total. The second-order valence-corrected chi connectivity index (χ2v) is 7.28. The van der Waals surface area contributed by atoms with E-state index < -0.39 is 0 Å². The molecule has 3 aromatic rings. The lowest BCUT2D eigenvalue weighted by Gasteiger charge is -2.09. The van der Waals surface area contributed by atoms with E-state index in [0.717, 1.165) is 0 Å². The lowest BCUT2D eigenvalue weighted by Crippen LogP contribution is -1.87. The molecule has 0 heteroatoms. The van der Waals surface area contributed by atoms with Crippen LogP contribution in [0.5, 0.6) is 0 Å². The molecular weight excluding hydrogens is 348 g/mol. The van der Waals surface area contributed by atoms with Gasteiger partial charge in [0.25, 0.3) is 0 Å². The van der Waals surface area contributed by atoms with Gasteiger partial charge in [-0.05, 0) is 76.3 Å². The minimum atomic E-state index is 1.32. The summed E-state index contributed by atoms with van der Waals surface area (Å²) in [4.78, 5) is 0. The van der Waals surface area contributed by atoms with Gasteiger partial charge < -0.3 is 0 Å². The van der Waals surface area contributed by atoms with Crippen LogP contribution < -0.4 is 0 Å². The molecule has 3 aromatic carbocycles. The number of hydrogen-bond donors (Lipinski definition) is 0. The van der Waals surface area contributed by atoms with Gasteiger partial charge in [0.1, 0.15) is 0 Å². The average molecular weight is 391 g/mol. The quantitative estimate of drug-likeness (QED) is 0.388. The van der Waals surface area contributed by atoms with Crippen molar-refractivity contribution in [1.29, 1.82) is 0 Å². The first-order chi connectivity index (χ1) is 13.8. The van der Waals surface area contributed by atoms with E-state index >= 15 is 0 Å². The fourth-order valence-corrected chi connectivity index (χ4v) is 3.25. The molecule has 0 aliphatic carbocycles. The maximum atomic E-state index is 2.27. The van der Waals surface area contributed by atoms with Gasteiger partial charge in [0, 0.05) is 0 Å². The second kappa shape index (κ2) is 13.8. The van der Waals surface area contributed by atoms with Gasteiger partial charge >= 0.3 is 0 Å². The Labute approximate surface area is 181 Å². The molecule has 0 aromatic heterocycles. The average Bonchev–Trinajstić information content (AvgIpc) is 2.67. The zero-order chi connectivity index (χ0) is 22.6. The molecule has 0 fully saturated rings. The maximum Gasteiger partial charge on any atom is -0.0154 e. The van der Waals surface area contributed by atoms with Gasteiger partial charge in [0.2, 0.25) is 0 Å². The standard InChI is InChI=1S/C16H18.C9H12.2C2H6/c1-11-5-8-16(14(4)9-11)15-7-6-12(2)13(3)10-15;1-7-4-8(2)6-9(3)5-7;2*1-2/h5-10H,1-4H3;4-6H,1-3H3;2*1-2H3. The zero-order valence-corrected chi connectivity index (χ0v) is 20.7. The molecular formula is C29H42. The van der Waals surface area contributed by atoms with E-state index in [9.17, 15) is 0 Å². The minimum absolute atomic E-state index is 1.32. The summed E-state index contributed by atoms with van der Waals surface area (Å²) in [6.07, 6.45) is 0. The maximum absolute atomic E-state index is 2.27. The minimum Gasteiger partial charge on any atom is -0.0683 e. The number of benzene rings is 3. The Morgan fingerprint density at radius 2 is 0.862 bits per heavy atom. The summed E-state index contributed by atoms with van der Waals surface area (Å²) in [5.41, 5.74) is 12.1. The van der Waals surface area contributed by atoms with Gasteiger partial charge in [0.15, 0.2) is 0 Å². The number of hydrogen-bond acceptors (Lipinski definition) is 0. The van der Waals surface area contributed by atoms with Gasteiger partial charge in [-0.3, -0.25) is 0 Å². The van der Waals surface area contributed by atoms with E-state index in [0.29, 0.717) is 0 Å². The van der Waals surface area contributed by atoms with E-state index in [1.807, 2.05) is 27.7 Å². The van der Waals surface area contributed by atoms with Crippen LogP contribution in [0, 0.1) is 48.5 Å². The molecule has 0 atom stereocenters. The summed E-state index contributed by atoms with van der Waals surface area (Å²) >= 11 is 0. The van der Waals surface area contributed by atoms with Crippen molar-refractivity contribution >= 4 is 0 Å². The highest BCUT2D eigenvalue weighted by molar-refractivity contribution is 5.68.